The predicted octanol–water partition coefficient (Wildman–Crippen LogP) is 5.14. The highest BCUT2D eigenvalue weighted by molar-refractivity contribution is 6.29. The van der Waals surface area contributed by atoms with Gasteiger partial charge in [-0.2, -0.15) is 18.3 Å². The first-order chi connectivity index (χ1) is 15.6. The summed E-state index contributed by atoms with van der Waals surface area (Å²) in [6.07, 6.45) is -0.485. The van der Waals surface area contributed by atoms with Crippen LogP contribution in [0.15, 0.2) is 30.6 Å². The van der Waals surface area contributed by atoms with Crippen LogP contribution in [0.2, 0.25) is 5.15 Å². The SMILES string of the molecule is CC(C)(c1c(NC(=O)Nc2ccnc(C(F)(F)F)c2)cnc2cc(Cl)nn12)C1CCOCC1. The molecule has 3 aromatic heterocycles. The Morgan fingerprint density at radius 1 is 1.18 bits per heavy atom. The number of hydrogen-bond acceptors (Lipinski definition) is 5. The molecular weight excluding hydrogens is 461 g/mol. The number of aromatic nitrogens is 4. The highest BCUT2D eigenvalue weighted by atomic mass is 35.5. The zero-order chi connectivity index (χ0) is 23.8. The third kappa shape index (κ3) is 4.88. The van der Waals surface area contributed by atoms with Crippen LogP contribution in [0.3, 0.4) is 0 Å². The van der Waals surface area contributed by atoms with Crippen molar-refractivity contribution in [1.29, 1.82) is 0 Å². The molecule has 1 aliphatic rings. The maximum atomic E-state index is 12.9. The highest BCUT2D eigenvalue weighted by Gasteiger charge is 2.37. The number of fused-ring (bicyclic) bond motifs is 1. The van der Waals surface area contributed by atoms with Gasteiger partial charge in [-0.1, -0.05) is 25.4 Å². The van der Waals surface area contributed by atoms with Crippen molar-refractivity contribution in [3.05, 3.63) is 47.1 Å². The molecule has 2 N–H and O–H groups in total. The Morgan fingerprint density at radius 2 is 1.91 bits per heavy atom. The highest BCUT2D eigenvalue weighted by Crippen LogP contribution is 2.41. The molecule has 1 saturated heterocycles. The Kier molecular flexibility index (Phi) is 6.19. The molecule has 12 heteroatoms. The molecule has 4 rings (SSSR count). The fourth-order valence-electron chi connectivity index (χ4n) is 4.18. The van der Waals surface area contributed by atoms with Crippen LogP contribution in [0.5, 0.6) is 0 Å². The molecule has 1 fully saturated rings. The van der Waals surface area contributed by atoms with Gasteiger partial charge in [-0.25, -0.2) is 14.3 Å². The van der Waals surface area contributed by atoms with E-state index in [4.69, 9.17) is 16.3 Å². The molecule has 3 aromatic rings. The summed E-state index contributed by atoms with van der Waals surface area (Å²) < 4.78 is 45.9. The van der Waals surface area contributed by atoms with Crippen LogP contribution in [0.4, 0.5) is 29.3 Å². The van der Waals surface area contributed by atoms with Gasteiger partial charge in [0.15, 0.2) is 10.8 Å². The van der Waals surface area contributed by atoms with Crippen LogP contribution in [-0.4, -0.2) is 38.8 Å². The number of carbonyl (C=O) groups excluding carboxylic acids is 1. The van der Waals surface area contributed by atoms with Gasteiger partial charge in [0.1, 0.15) is 5.69 Å². The third-order valence-corrected chi connectivity index (χ3v) is 6.05. The normalized spacial score (nSPS) is 15.6. The van der Waals surface area contributed by atoms with E-state index >= 15 is 0 Å². The second kappa shape index (κ2) is 8.79. The molecule has 8 nitrogen and oxygen atoms in total. The van der Waals surface area contributed by atoms with Crippen molar-refractivity contribution in [2.24, 2.45) is 5.92 Å². The van der Waals surface area contributed by atoms with E-state index in [1.807, 2.05) is 0 Å². The maximum Gasteiger partial charge on any atom is 0.433 e. The number of ether oxygens (including phenoxy) is 1. The standard InChI is InChI=1S/C21H22ClF3N6O2/c1-20(2,12-4-7-33-8-5-12)18-14(11-27-17-10-16(22)30-31(17)18)29-19(32)28-13-3-6-26-15(9-13)21(23,24)25/h3,6,9-12H,4-5,7-8H2,1-2H3,(H2,26,28,29,32). The molecule has 33 heavy (non-hydrogen) atoms. The lowest BCUT2D eigenvalue weighted by Gasteiger charge is -2.38. The van der Waals surface area contributed by atoms with E-state index < -0.39 is 23.3 Å². The first-order valence-electron chi connectivity index (χ1n) is 10.3. The second-order valence-electron chi connectivity index (χ2n) is 8.37. The summed E-state index contributed by atoms with van der Waals surface area (Å²) in [4.78, 5) is 20.3. The number of anilines is 2. The monoisotopic (exact) mass is 482 g/mol. The largest absolute Gasteiger partial charge is 0.433 e. The summed E-state index contributed by atoms with van der Waals surface area (Å²) in [5.74, 6) is 0.234. The van der Waals surface area contributed by atoms with Gasteiger partial charge in [-0.3, -0.25) is 4.98 Å². The van der Waals surface area contributed by atoms with Crippen molar-refractivity contribution in [2.45, 2.75) is 38.3 Å². The lowest BCUT2D eigenvalue weighted by atomic mass is 9.72. The third-order valence-electron chi connectivity index (χ3n) is 5.86. The Bertz CT molecular complexity index is 1170. The molecule has 1 aliphatic heterocycles. The number of urea groups is 1. The molecule has 0 aliphatic carbocycles. The van der Waals surface area contributed by atoms with Gasteiger partial charge in [-0.05, 0) is 30.9 Å². The van der Waals surface area contributed by atoms with Gasteiger partial charge in [0, 0.05) is 36.6 Å². The number of nitrogens with one attached hydrogen (secondary N) is 2. The summed E-state index contributed by atoms with van der Waals surface area (Å²) in [6, 6.07) is 2.93. The number of amides is 2. The quantitative estimate of drug-likeness (QED) is 0.536. The number of pyridine rings is 1. The van der Waals surface area contributed by atoms with E-state index in [1.54, 1.807) is 10.6 Å². The molecule has 0 bridgehead atoms. The van der Waals surface area contributed by atoms with E-state index in [1.165, 1.54) is 12.3 Å². The topological polar surface area (TPSA) is 93.4 Å². The maximum absolute atomic E-state index is 12.9. The first-order valence-corrected chi connectivity index (χ1v) is 10.7. The number of carbonyl (C=O) groups is 1. The van der Waals surface area contributed by atoms with Crippen molar-refractivity contribution in [3.63, 3.8) is 0 Å². The summed E-state index contributed by atoms with van der Waals surface area (Å²) in [6.45, 7) is 5.37. The van der Waals surface area contributed by atoms with Crippen LogP contribution in [0.25, 0.3) is 5.65 Å². The van der Waals surface area contributed by atoms with Crippen LogP contribution in [0, 0.1) is 5.92 Å². The lowest BCUT2D eigenvalue weighted by Crippen LogP contribution is -2.36. The van der Waals surface area contributed by atoms with Crippen molar-refractivity contribution < 1.29 is 22.7 Å². The first kappa shape index (κ1) is 23.2. The van der Waals surface area contributed by atoms with Gasteiger partial charge in [-0.15, -0.1) is 0 Å². The smallest absolute Gasteiger partial charge is 0.381 e. The number of alkyl halides is 3. The van der Waals surface area contributed by atoms with Crippen molar-refractivity contribution >= 4 is 34.7 Å². The average Bonchev–Trinajstić information content (AvgIpc) is 3.13. The molecule has 0 aromatic carbocycles. The molecule has 4 heterocycles. The summed E-state index contributed by atoms with van der Waals surface area (Å²) in [5.41, 5.74) is -0.0195. The van der Waals surface area contributed by atoms with Gasteiger partial charge >= 0.3 is 12.2 Å². The van der Waals surface area contributed by atoms with E-state index in [0.29, 0.717) is 30.2 Å². The molecule has 0 unspecified atom stereocenters. The minimum atomic E-state index is -4.62. The fourth-order valence-corrected chi connectivity index (χ4v) is 4.35. The molecule has 0 spiro atoms. The van der Waals surface area contributed by atoms with Gasteiger partial charge in [0.25, 0.3) is 0 Å². The number of nitrogens with zero attached hydrogens (tertiary/aromatic N) is 4. The van der Waals surface area contributed by atoms with Crippen LogP contribution < -0.4 is 10.6 Å². The van der Waals surface area contributed by atoms with E-state index in [2.05, 4.69) is 39.5 Å². The molecule has 0 radical (unpaired) electrons. The van der Waals surface area contributed by atoms with Crippen LogP contribution >= 0.6 is 11.6 Å². The number of hydrogen-bond donors (Lipinski definition) is 2. The van der Waals surface area contributed by atoms with E-state index in [0.717, 1.165) is 25.1 Å². The fraction of sp³-hybridized carbons (Fsp3) is 0.429. The van der Waals surface area contributed by atoms with Gasteiger partial charge in [0.2, 0.25) is 0 Å². The van der Waals surface area contributed by atoms with E-state index in [-0.39, 0.29) is 16.8 Å². The van der Waals surface area contributed by atoms with Gasteiger partial charge in [0.05, 0.1) is 17.6 Å². The number of rotatable bonds is 4. The Balaban J connectivity index is 1.66. The van der Waals surface area contributed by atoms with E-state index in [9.17, 15) is 18.0 Å². The molecule has 0 saturated carbocycles. The molecule has 2 amide bonds. The predicted molar refractivity (Wildman–Crippen MR) is 116 cm³/mol. The van der Waals surface area contributed by atoms with Crippen molar-refractivity contribution in [1.82, 2.24) is 19.6 Å². The zero-order valence-corrected chi connectivity index (χ0v) is 18.7. The van der Waals surface area contributed by atoms with Gasteiger partial charge < -0.3 is 15.4 Å². The second-order valence-corrected chi connectivity index (χ2v) is 8.76. The summed E-state index contributed by atoms with van der Waals surface area (Å²) in [5, 5.41) is 9.74. The molecule has 0 atom stereocenters. The number of halogens is 4. The minimum Gasteiger partial charge on any atom is -0.381 e. The summed E-state index contributed by atoms with van der Waals surface area (Å²) in [7, 11) is 0. The van der Waals surface area contributed by atoms with Crippen LogP contribution in [-0.2, 0) is 16.3 Å². The Hall–Kier alpha value is -2.92. The Labute approximate surface area is 192 Å². The van der Waals surface area contributed by atoms with Crippen LogP contribution in [0.1, 0.15) is 38.1 Å². The average molecular weight is 483 g/mol. The Morgan fingerprint density at radius 3 is 2.61 bits per heavy atom. The molecular formula is C21H22ClF3N6O2. The zero-order valence-electron chi connectivity index (χ0n) is 17.9. The summed E-state index contributed by atoms with van der Waals surface area (Å²) >= 11 is 6.12. The minimum absolute atomic E-state index is 0.0452. The van der Waals surface area contributed by atoms with Crippen molar-refractivity contribution in [2.75, 3.05) is 23.8 Å². The molecule has 176 valence electrons. The van der Waals surface area contributed by atoms with Crippen molar-refractivity contribution in [3.8, 4) is 0 Å². The lowest BCUT2D eigenvalue weighted by molar-refractivity contribution is -0.141.